The molecule has 0 saturated carbocycles. The second-order valence-corrected chi connectivity index (χ2v) is 5.45. The van der Waals surface area contributed by atoms with Gasteiger partial charge in [-0.2, -0.15) is 0 Å². The lowest BCUT2D eigenvalue weighted by atomic mass is 9.98. The predicted molar refractivity (Wildman–Crippen MR) is 92.7 cm³/mol. The number of amides is 3. The zero-order valence-electron chi connectivity index (χ0n) is 13.3. The molecular weight excluding hydrogens is 290 g/mol. The van der Waals surface area contributed by atoms with E-state index >= 15 is 0 Å². The van der Waals surface area contributed by atoms with Crippen LogP contribution in [0.3, 0.4) is 0 Å². The lowest BCUT2D eigenvalue weighted by Gasteiger charge is -2.11. The fourth-order valence-corrected chi connectivity index (χ4v) is 2.18. The van der Waals surface area contributed by atoms with Gasteiger partial charge in [-0.15, -0.1) is 0 Å². The molecule has 2 aromatic rings. The molecule has 1 unspecified atom stereocenters. The van der Waals surface area contributed by atoms with Crippen molar-refractivity contribution in [2.45, 2.75) is 26.2 Å². The maximum Gasteiger partial charge on any atom is 0.316 e. The highest BCUT2D eigenvalue weighted by Crippen LogP contribution is 2.21. The number of nitrogens with one attached hydrogen (secondary N) is 2. The summed E-state index contributed by atoms with van der Waals surface area (Å²) >= 11 is 0. The number of benzene rings is 2. The molecule has 1 atom stereocenters. The predicted octanol–water partition coefficient (Wildman–Crippen LogP) is 3.94. The highest BCUT2D eigenvalue weighted by molar-refractivity contribution is 6.04. The fourth-order valence-electron chi connectivity index (χ4n) is 2.18. The maximum atomic E-state index is 12.2. The monoisotopic (exact) mass is 311 g/mol. The van der Waals surface area contributed by atoms with Crippen LogP contribution in [-0.4, -0.2) is 11.9 Å². The van der Waals surface area contributed by atoms with Gasteiger partial charge >= 0.3 is 6.03 Å². The highest BCUT2D eigenvalue weighted by Gasteiger charge is 2.07. The number of rotatable bonds is 5. The number of hydrogen-bond donors (Lipinski definition) is 3. The van der Waals surface area contributed by atoms with Crippen molar-refractivity contribution in [1.82, 2.24) is 0 Å². The Morgan fingerprint density at radius 2 is 1.48 bits per heavy atom. The molecule has 0 spiro atoms. The first-order chi connectivity index (χ1) is 11.0. The molecule has 0 fully saturated rings. The minimum Gasteiger partial charge on any atom is -0.351 e. The lowest BCUT2D eigenvalue weighted by Crippen LogP contribution is -2.19. The molecule has 0 aliphatic carbocycles. The van der Waals surface area contributed by atoms with Crippen LogP contribution in [0.15, 0.2) is 48.5 Å². The van der Waals surface area contributed by atoms with E-state index in [2.05, 4.69) is 24.5 Å². The van der Waals surface area contributed by atoms with Crippen LogP contribution in [-0.2, 0) is 0 Å². The molecule has 5 nitrogen and oxygen atoms in total. The Hall–Kier alpha value is -2.82. The van der Waals surface area contributed by atoms with Gasteiger partial charge in [0.15, 0.2) is 0 Å². The Kier molecular flexibility index (Phi) is 5.36. The van der Waals surface area contributed by atoms with E-state index in [1.807, 2.05) is 24.3 Å². The van der Waals surface area contributed by atoms with Crippen molar-refractivity contribution in [2.24, 2.45) is 5.73 Å². The molecule has 0 radical (unpaired) electrons. The van der Waals surface area contributed by atoms with Crippen LogP contribution < -0.4 is 16.4 Å². The smallest absolute Gasteiger partial charge is 0.316 e. The molecule has 0 heterocycles. The van der Waals surface area contributed by atoms with Crippen LogP contribution >= 0.6 is 0 Å². The summed E-state index contributed by atoms with van der Waals surface area (Å²) in [6, 6.07) is 13.8. The first-order valence-electron chi connectivity index (χ1n) is 7.57. The van der Waals surface area contributed by atoms with Crippen molar-refractivity contribution in [1.29, 1.82) is 0 Å². The van der Waals surface area contributed by atoms with E-state index < -0.39 is 6.03 Å². The average Bonchev–Trinajstić information content (AvgIpc) is 2.55. The van der Waals surface area contributed by atoms with E-state index in [1.54, 1.807) is 24.3 Å². The Bertz CT molecular complexity index is 678. The van der Waals surface area contributed by atoms with Crippen molar-refractivity contribution in [3.63, 3.8) is 0 Å². The Labute approximate surface area is 135 Å². The summed E-state index contributed by atoms with van der Waals surface area (Å²) in [7, 11) is 0. The van der Waals surface area contributed by atoms with Crippen LogP contribution in [0.2, 0.25) is 0 Å². The molecule has 3 amide bonds. The molecule has 2 rings (SSSR count). The summed E-state index contributed by atoms with van der Waals surface area (Å²) in [6.07, 6.45) is 1.08. The van der Waals surface area contributed by atoms with Gasteiger partial charge in [0.2, 0.25) is 0 Å². The zero-order valence-corrected chi connectivity index (χ0v) is 13.3. The number of carbonyl (C=O) groups is 2. The van der Waals surface area contributed by atoms with Gasteiger partial charge in [0.25, 0.3) is 5.91 Å². The summed E-state index contributed by atoms with van der Waals surface area (Å²) in [4.78, 5) is 23.0. The third kappa shape index (κ3) is 4.57. The van der Waals surface area contributed by atoms with Crippen molar-refractivity contribution in [3.8, 4) is 0 Å². The van der Waals surface area contributed by atoms with Gasteiger partial charge in [0.1, 0.15) is 0 Å². The maximum absolute atomic E-state index is 12.2. The van der Waals surface area contributed by atoms with Crippen molar-refractivity contribution in [3.05, 3.63) is 59.7 Å². The van der Waals surface area contributed by atoms with Gasteiger partial charge in [-0.25, -0.2) is 4.79 Å². The molecule has 5 heteroatoms. The van der Waals surface area contributed by atoms with Gasteiger partial charge < -0.3 is 16.4 Å². The average molecular weight is 311 g/mol. The fraction of sp³-hybridized carbons (Fsp3) is 0.222. The molecule has 0 aromatic heterocycles. The summed E-state index contributed by atoms with van der Waals surface area (Å²) in [5.74, 6) is 0.303. The van der Waals surface area contributed by atoms with Crippen LogP contribution in [0.25, 0.3) is 0 Å². The third-order valence-electron chi connectivity index (χ3n) is 3.76. The Morgan fingerprint density at radius 1 is 0.957 bits per heavy atom. The van der Waals surface area contributed by atoms with Gasteiger partial charge in [0.05, 0.1) is 0 Å². The van der Waals surface area contributed by atoms with Crippen LogP contribution in [0, 0.1) is 0 Å². The molecule has 0 aliphatic heterocycles. The Balaban J connectivity index is 2.02. The summed E-state index contributed by atoms with van der Waals surface area (Å²) < 4.78 is 0. The number of hydrogen-bond acceptors (Lipinski definition) is 2. The van der Waals surface area contributed by atoms with E-state index in [9.17, 15) is 9.59 Å². The van der Waals surface area contributed by atoms with E-state index in [4.69, 9.17) is 5.73 Å². The summed E-state index contributed by atoms with van der Waals surface area (Å²) in [5, 5.41) is 5.30. The van der Waals surface area contributed by atoms with E-state index in [1.165, 1.54) is 5.56 Å². The molecule has 0 aliphatic rings. The molecule has 120 valence electrons. The molecular formula is C18H21N3O2. The van der Waals surface area contributed by atoms with Gasteiger partial charge in [0, 0.05) is 16.9 Å². The van der Waals surface area contributed by atoms with E-state index in [0.29, 0.717) is 17.2 Å². The minimum atomic E-state index is -0.636. The molecule has 23 heavy (non-hydrogen) atoms. The van der Waals surface area contributed by atoms with Crippen LogP contribution in [0.4, 0.5) is 16.2 Å². The van der Waals surface area contributed by atoms with E-state index in [0.717, 1.165) is 12.1 Å². The van der Waals surface area contributed by atoms with Crippen molar-refractivity contribution < 1.29 is 9.59 Å². The standard InChI is InChI=1S/C18H21N3O2/c1-3-12(2)13-4-8-15(9-5-13)20-17(22)14-6-10-16(11-7-14)21-18(19)23/h4-12H,3H2,1-2H3,(H,20,22)(H3,19,21,23). The second-order valence-electron chi connectivity index (χ2n) is 5.45. The van der Waals surface area contributed by atoms with Gasteiger partial charge in [-0.3, -0.25) is 4.79 Å². The molecule has 2 aromatic carbocycles. The zero-order chi connectivity index (χ0) is 16.8. The normalized spacial score (nSPS) is 11.6. The number of carbonyl (C=O) groups excluding carboxylic acids is 2. The van der Waals surface area contributed by atoms with Crippen molar-refractivity contribution >= 4 is 23.3 Å². The summed E-state index contributed by atoms with van der Waals surface area (Å²) in [5.41, 5.74) is 8.10. The Morgan fingerprint density at radius 3 is 2.00 bits per heavy atom. The van der Waals surface area contributed by atoms with Crippen molar-refractivity contribution in [2.75, 3.05) is 10.6 Å². The lowest BCUT2D eigenvalue weighted by molar-refractivity contribution is 0.102. The molecule has 0 bridgehead atoms. The van der Waals surface area contributed by atoms with E-state index in [-0.39, 0.29) is 5.91 Å². The largest absolute Gasteiger partial charge is 0.351 e. The first kappa shape index (κ1) is 16.5. The second kappa shape index (κ2) is 7.45. The topological polar surface area (TPSA) is 84.2 Å². The highest BCUT2D eigenvalue weighted by atomic mass is 16.2. The number of nitrogens with two attached hydrogens (primary N) is 1. The first-order valence-corrected chi connectivity index (χ1v) is 7.57. The quantitative estimate of drug-likeness (QED) is 0.781. The van der Waals surface area contributed by atoms with Crippen LogP contribution in [0.5, 0.6) is 0 Å². The third-order valence-corrected chi connectivity index (χ3v) is 3.76. The van der Waals surface area contributed by atoms with Crippen LogP contribution in [0.1, 0.15) is 42.1 Å². The summed E-state index contributed by atoms with van der Waals surface area (Å²) in [6.45, 7) is 4.33. The number of urea groups is 1. The van der Waals surface area contributed by atoms with Gasteiger partial charge in [-0.05, 0) is 54.3 Å². The SMILES string of the molecule is CCC(C)c1ccc(NC(=O)c2ccc(NC(N)=O)cc2)cc1. The number of primary amides is 1. The molecule has 4 N–H and O–H groups in total. The minimum absolute atomic E-state index is 0.202. The number of anilines is 2. The van der Waals surface area contributed by atoms with Gasteiger partial charge in [-0.1, -0.05) is 26.0 Å². The molecule has 0 saturated heterocycles.